The lowest BCUT2D eigenvalue weighted by molar-refractivity contribution is 0.0947. The molecule has 1 rings (SSSR count). The maximum absolute atomic E-state index is 11.8. The quantitative estimate of drug-likeness (QED) is 0.630. The van der Waals surface area contributed by atoms with E-state index >= 15 is 0 Å². The Labute approximate surface area is 119 Å². The van der Waals surface area contributed by atoms with Crippen molar-refractivity contribution in [2.45, 2.75) is 6.42 Å². The Morgan fingerprint density at radius 1 is 1.30 bits per heavy atom. The Morgan fingerprint density at radius 3 is 2.70 bits per heavy atom. The molecular weight excluding hydrogens is 258 g/mol. The van der Waals surface area contributed by atoms with Gasteiger partial charge < -0.3 is 20.3 Å². The molecule has 1 heterocycles. The fourth-order valence-corrected chi connectivity index (χ4v) is 1.51. The number of nitrogens with one attached hydrogen (secondary N) is 2. The van der Waals surface area contributed by atoms with E-state index in [0.29, 0.717) is 31.2 Å². The van der Waals surface area contributed by atoms with Crippen molar-refractivity contribution >= 4 is 11.7 Å². The first kappa shape index (κ1) is 16.3. The minimum absolute atomic E-state index is 0.195. The van der Waals surface area contributed by atoms with Gasteiger partial charge in [-0.1, -0.05) is 0 Å². The molecule has 2 N–H and O–H groups in total. The van der Waals surface area contributed by atoms with Crippen molar-refractivity contribution in [1.29, 1.82) is 0 Å². The van der Waals surface area contributed by atoms with Gasteiger partial charge in [0.05, 0.1) is 19.0 Å². The van der Waals surface area contributed by atoms with Crippen LogP contribution < -0.4 is 10.6 Å². The molecule has 112 valence electrons. The molecule has 1 aromatic rings. The summed E-state index contributed by atoms with van der Waals surface area (Å²) in [6.07, 6.45) is 3.92. The lowest BCUT2D eigenvalue weighted by atomic mass is 10.3. The molecule has 1 amide bonds. The lowest BCUT2D eigenvalue weighted by Crippen LogP contribution is -2.28. The number of amides is 1. The Balaban J connectivity index is 2.33. The first-order chi connectivity index (χ1) is 9.63. The number of carbonyl (C=O) groups excluding carboxylic acids is 1. The molecule has 0 aliphatic rings. The van der Waals surface area contributed by atoms with Gasteiger partial charge in [0.1, 0.15) is 11.5 Å². The van der Waals surface area contributed by atoms with Gasteiger partial charge in [-0.2, -0.15) is 0 Å². The minimum atomic E-state index is -0.195. The summed E-state index contributed by atoms with van der Waals surface area (Å²) in [5.41, 5.74) is 0.326. The van der Waals surface area contributed by atoms with Crippen molar-refractivity contribution in [2.75, 3.05) is 52.8 Å². The number of anilines is 1. The van der Waals surface area contributed by atoms with E-state index in [1.54, 1.807) is 13.3 Å². The molecule has 0 spiro atoms. The highest BCUT2D eigenvalue weighted by atomic mass is 16.5. The zero-order valence-electron chi connectivity index (χ0n) is 12.3. The maximum atomic E-state index is 11.8. The third-order valence-electron chi connectivity index (χ3n) is 2.56. The van der Waals surface area contributed by atoms with Gasteiger partial charge in [-0.3, -0.25) is 4.79 Å². The van der Waals surface area contributed by atoms with Crippen LogP contribution in [-0.4, -0.2) is 68.2 Å². The molecule has 0 saturated heterocycles. The molecule has 7 heteroatoms. The largest absolute Gasteiger partial charge is 0.383 e. The maximum Gasteiger partial charge on any atom is 0.271 e. The summed E-state index contributed by atoms with van der Waals surface area (Å²) in [6, 6.07) is 0. The van der Waals surface area contributed by atoms with Crippen molar-refractivity contribution < 1.29 is 9.53 Å². The van der Waals surface area contributed by atoms with Crippen LogP contribution in [0.3, 0.4) is 0 Å². The van der Waals surface area contributed by atoms with Crippen molar-refractivity contribution in [3.63, 3.8) is 0 Å². The summed E-state index contributed by atoms with van der Waals surface area (Å²) in [4.78, 5) is 22.1. The van der Waals surface area contributed by atoms with Crippen LogP contribution >= 0.6 is 0 Å². The summed E-state index contributed by atoms with van der Waals surface area (Å²) in [5, 5.41) is 5.86. The van der Waals surface area contributed by atoms with Crippen molar-refractivity contribution in [3.8, 4) is 0 Å². The van der Waals surface area contributed by atoms with Crippen LogP contribution in [-0.2, 0) is 4.74 Å². The summed E-state index contributed by atoms with van der Waals surface area (Å²) < 4.78 is 4.92. The first-order valence-electron chi connectivity index (χ1n) is 6.61. The predicted octanol–water partition coefficient (Wildman–Crippen LogP) is 0.216. The van der Waals surface area contributed by atoms with Gasteiger partial charge >= 0.3 is 0 Å². The number of methoxy groups -OCH3 is 1. The predicted molar refractivity (Wildman–Crippen MR) is 77.9 cm³/mol. The topological polar surface area (TPSA) is 79.4 Å². The van der Waals surface area contributed by atoms with Gasteiger partial charge in [0, 0.05) is 20.2 Å². The number of hydrogen-bond acceptors (Lipinski definition) is 6. The highest BCUT2D eigenvalue weighted by molar-refractivity contribution is 5.91. The molecule has 0 aliphatic carbocycles. The van der Waals surface area contributed by atoms with E-state index in [1.807, 2.05) is 14.1 Å². The first-order valence-corrected chi connectivity index (χ1v) is 6.61. The van der Waals surface area contributed by atoms with Crippen LogP contribution in [0.4, 0.5) is 5.82 Å². The lowest BCUT2D eigenvalue weighted by Gasteiger charge is -2.09. The smallest absolute Gasteiger partial charge is 0.271 e. The van der Waals surface area contributed by atoms with E-state index in [2.05, 4.69) is 25.5 Å². The van der Waals surface area contributed by atoms with Crippen molar-refractivity contribution in [3.05, 3.63) is 18.1 Å². The van der Waals surface area contributed by atoms with E-state index in [0.717, 1.165) is 13.0 Å². The molecule has 0 aliphatic heterocycles. The molecule has 0 radical (unpaired) electrons. The van der Waals surface area contributed by atoms with Crippen LogP contribution in [0.2, 0.25) is 0 Å². The van der Waals surface area contributed by atoms with Crippen LogP contribution in [0.25, 0.3) is 0 Å². The van der Waals surface area contributed by atoms with Crippen LogP contribution in [0.15, 0.2) is 12.4 Å². The molecule has 1 aromatic heterocycles. The highest BCUT2D eigenvalue weighted by Gasteiger charge is 2.07. The molecule has 7 nitrogen and oxygen atoms in total. The van der Waals surface area contributed by atoms with Crippen LogP contribution in [0, 0.1) is 0 Å². The summed E-state index contributed by atoms with van der Waals surface area (Å²) in [5.74, 6) is 0.436. The Kier molecular flexibility index (Phi) is 7.52. The van der Waals surface area contributed by atoms with Gasteiger partial charge in [0.15, 0.2) is 0 Å². The summed E-state index contributed by atoms with van der Waals surface area (Å²) >= 11 is 0. The van der Waals surface area contributed by atoms with Gasteiger partial charge in [-0.05, 0) is 27.1 Å². The molecule has 0 atom stereocenters. The van der Waals surface area contributed by atoms with Crippen LogP contribution in [0.5, 0.6) is 0 Å². The highest BCUT2D eigenvalue weighted by Crippen LogP contribution is 2.00. The van der Waals surface area contributed by atoms with E-state index < -0.39 is 0 Å². The van der Waals surface area contributed by atoms with Gasteiger partial charge in [-0.15, -0.1) is 0 Å². The second kappa shape index (κ2) is 9.22. The molecule has 0 unspecified atom stereocenters. The fourth-order valence-electron chi connectivity index (χ4n) is 1.51. The summed E-state index contributed by atoms with van der Waals surface area (Å²) in [7, 11) is 5.64. The molecule has 0 aromatic carbocycles. The second-order valence-electron chi connectivity index (χ2n) is 4.62. The summed E-state index contributed by atoms with van der Waals surface area (Å²) in [6.45, 7) is 2.82. The molecule has 0 fully saturated rings. The zero-order chi connectivity index (χ0) is 14.8. The SMILES string of the molecule is COCCNc1cnc(C(=O)NCCCN(C)C)cn1. The minimum Gasteiger partial charge on any atom is -0.383 e. The average molecular weight is 281 g/mol. The van der Waals surface area contributed by atoms with Crippen LogP contribution in [0.1, 0.15) is 16.9 Å². The standard InChI is InChI=1S/C13H23N5O2/c1-18(2)7-4-5-15-13(19)11-9-17-12(10-16-11)14-6-8-20-3/h9-10H,4-8H2,1-3H3,(H,14,17)(H,15,19). The monoisotopic (exact) mass is 281 g/mol. The van der Waals surface area contributed by atoms with Crippen molar-refractivity contribution in [1.82, 2.24) is 20.2 Å². The molecule has 20 heavy (non-hydrogen) atoms. The number of hydrogen-bond donors (Lipinski definition) is 2. The number of rotatable bonds is 9. The zero-order valence-corrected chi connectivity index (χ0v) is 12.3. The number of ether oxygens (including phenoxy) is 1. The van der Waals surface area contributed by atoms with Crippen molar-refractivity contribution in [2.24, 2.45) is 0 Å². The molecule has 0 saturated carbocycles. The number of nitrogens with zero attached hydrogens (tertiary/aromatic N) is 3. The third kappa shape index (κ3) is 6.44. The van der Waals surface area contributed by atoms with Gasteiger partial charge in [0.25, 0.3) is 5.91 Å². The number of carbonyl (C=O) groups is 1. The fraction of sp³-hybridized carbons (Fsp3) is 0.615. The third-order valence-corrected chi connectivity index (χ3v) is 2.56. The Hall–Kier alpha value is -1.73. The average Bonchev–Trinajstić information content (AvgIpc) is 2.44. The number of aromatic nitrogens is 2. The Bertz CT molecular complexity index is 394. The second-order valence-corrected chi connectivity index (χ2v) is 4.62. The molecular formula is C13H23N5O2. The van der Waals surface area contributed by atoms with E-state index in [9.17, 15) is 4.79 Å². The Morgan fingerprint density at radius 2 is 2.10 bits per heavy atom. The van der Waals surface area contributed by atoms with E-state index in [-0.39, 0.29) is 5.91 Å². The normalized spacial score (nSPS) is 10.6. The van der Waals surface area contributed by atoms with Gasteiger partial charge in [-0.25, -0.2) is 9.97 Å². The molecule has 0 bridgehead atoms. The van der Waals surface area contributed by atoms with Gasteiger partial charge in [0.2, 0.25) is 0 Å². The van der Waals surface area contributed by atoms with E-state index in [1.165, 1.54) is 6.20 Å². The van der Waals surface area contributed by atoms with E-state index in [4.69, 9.17) is 4.74 Å².